The summed E-state index contributed by atoms with van der Waals surface area (Å²) in [4.78, 5) is 27.0. The van der Waals surface area contributed by atoms with Gasteiger partial charge in [-0.15, -0.1) is 0 Å². The normalized spacial score (nSPS) is 10.1. The molecule has 0 bridgehead atoms. The second-order valence-corrected chi connectivity index (χ2v) is 5.16. The van der Waals surface area contributed by atoms with Crippen molar-refractivity contribution in [2.45, 2.75) is 6.42 Å². The van der Waals surface area contributed by atoms with E-state index >= 15 is 0 Å². The first kappa shape index (κ1) is 15.2. The predicted octanol–water partition coefficient (Wildman–Crippen LogP) is 2.51. The highest BCUT2D eigenvalue weighted by molar-refractivity contribution is 9.10. The van der Waals surface area contributed by atoms with Gasteiger partial charge < -0.3 is 10.4 Å². The van der Waals surface area contributed by atoms with Crippen LogP contribution >= 0.6 is 15.9 Å². The molecule has 0 unspecified atom stereocenters. The van der Waals surface area contributed by atoms with E-state index in [-0.39, 0.29) is 11.5 Å². The molecule has 0 radical (unpaired) electrons. The molecule has 21 heavy (non-hydrogen) atoms. The number of halogens is 1. The van der Waals surface area contributed by atoms with E-state index in [1.54, 1.807) is 42.6 Å². The lowest BCUT2D eigenvalue weighted by molar-refractivity contribution is 0.0695. The van der Waals surface area contributed by atoms with Crippen LogP contribution in [0.5, 0.6) is 0 Å². The lowest BCUT2D eigenvalue weighted by Gasteiger charge is -2.08. The number of hydrogen-bond acceptors (Lipinski definition) is 3. The summed E-state index contributed by atoms with van der Waals surface area (Å²) in [5, 5.41) is 11.8. The fourth-order valence-corrected chi connectivity index (χ4v) is 2.33. The summed E-state index contributed by atoms with van der Waals surface area (Å²) in [7, 11) is 0. The molecule has 0 aliphatic rings. The maximum Gasteiger partial charge on any atom is 0.335 e. The zero-order chi connectivity index (χ0) is 15.2. The average Bonchev–Trinajstić information content (AvgIpc) is 2.48. The molecule has 2 aromatic rings. The number of nitrogens with one attached hydrogen (secondary N) is 1. The van der Waals surface area contributed by atoms with E-state index in [9.17, 15) is 9.59 Å². The summed E-state index contributed by atoms with van der Waals surface area (Å²) in [6.45, 7) is 0.339. The largest absolute Gasteiger partial charge is 0.478 e. The number of hydrogen-bond donors (Lipinski definition) is 2. The third-order valence-corrected chi connectivity index (χ3v) is 3.54. The van der Waals surface area contributed by atoms with E-state index in [4.69, 9.17) is 5.11 Å². The molecule has 5 nitrogen and oxygen atoms in total. The molecule has 0 spiro atoms. The fourth-order valence-electron chi connectivity index (χ4n) is 1.89. The molecule has 0 fully saturated rings. The molecule has 1 aromatic carbocycles. The van der Waals surface area contributed by atoms with Gasteiger partial charge in [0.15, 0.2) is 0 Å². The van der Waals surface area contributed by atoms with E-state index in [2.05, 4.69) is 26.2 Å². The van der Waals surface area contributed by atoms with Gasteiger partial charge in [0.05, 0.1) is 5.56 Å². The first-order chi connectivity index (χ1) is 10.1. The van der Waals surface area contributed by atoms with Crippen LogP contribution in [0.2, 0.25) is 0 Å². The molecule has 6 heteroatoms. The zero-order valence-corrected chi connectivity index (χ0v) is 12.6. The molecule has 2 rings (SSSR count). The van der Waals surface area contributed by atoms with Gasteiger partial charge in [-0.3, -0.25) is 4.79 Å². The van der Waals surface area contributed by atoms with Crippen LogP contribution in [0.1, 0.15) is 26.4 Å². The molecule has 0 saturated carbocycles. The van der Waals surface area contributed by atoms with Crippen molar-refractivity contribution in [1.82, 2.24) is 10.3 Å². The average molecular weight is 349 g/mol. The number of pyridine rings is 1. The lowest BCUT2D eigenvalue weighted by atomic mass is 10.0. The Balaban J connectivity index is 1.98. The molecular formula is C15H13BrN2O3. The number of amides is 1. The quantitative estimate of drug-likeness (QED) is 0.869. The smallest absolute Gasteiger partial charge is 0.335 e. The Bertz CT molecular complexity index is 673. The number of carboxylic acids is 1. The van der Waals surface area contributed by atoms with Gasteiger partial charge in [-0.05, 0) is 46.1 Å². The van der Waals surface area contributed by atoms with Gasteiger partial charge in [0, 0.05) is 17.2 Å². The number of aromatic nitrogens is 1. The SMILES string of the molecule is O=C(O)c1ccccc1CCNC(=O)c1ncccc1Br. The summed E-state index contributed by atoms with van der Waals surface area (Å²) in [5.41, 5.74) is 1.25. The van der Waals surface area contributed by atoms with Gasteiger partial charge in [-0.1, -0.05) is 18.2 Å². The highest BCUT2D eigenvalue weighted by Gasteiger charge is 2.12. The molecule has 0 aliphatic heterocycles. The summed E-state index contributed by atoms with van der Waals surface area (Å²) in [6.07, 6.45) is 1.98. The van der Waals surface area contributed by atoms with Crippen molar-refractivity contribution in [3.8, 4) is 0 Å². The Morgan fingerprint density at radius 3 is 2.67 bits per heavy atom. The maximum atomic E-state index is 12.0. The minimum Gasteiger partial charge on any atom is -0.478 e. The van der Waals surface area contributed by atoms with E-state index in [0.717, 1.165) is 0 Å². The Hall–Kier alpha value is -2.21. The van der Waals surface area contributed by atoms with Crippen molar-refractivity contribution in [3.05, 3.63) is 63.9 Å². The summed E-state index contributed by atoms with van der Waals surface area (Å²) >= 11 is 3.26. The summed E-state index contributed by atoms with van der Waals surface area (Å²) in [6, 6.07) is 10.2. The van der Waals surface area contributed by atoms with Crippen LogP contribution < -0.4 is 5.32 Å². The Morgan fingerprint density at radius 1 is 1.19 bits per heavy atom. The van der Waals surface area contributed by atoms with Crippen LogP contribution in [0.15, 0.2) is 47.1 Å². The third-order valence-electron chi connectivity index (χ3n) is 2.90. The van der Waals surface area contributed by atoms with Crippen molar-refractivity contribution >= 4 is 27.8 Å². The van der Waals surface area contributed by atoms with Gasteiger partial charge in [0.2, 0.25) is 0 Å². The molecule has 2 N–H and O–H groups in total. The van der Waals surface area contributed by atoms with Gasteiger partial charge in [0.1, 0.15) is 5.69 Å². The van der Waals surface area contributed by atoms with Crippen LogP contribution in [0.3, 0.4) is 0 Å². The van der Waals surface area contributed by atoms with Crippen molar-refractivity contribution in [2.75, 3.05) is 6.54 Å². The number of carbonyl (C=O) groups is 2. The molecule has 0 aliphatic carbocycles. The molecule has 1 amide bonds. The standard InChI is InChI=1S/C15H13BrN2O3/c16-12-6-3-8-17-13(12)14(19)18-9-7-10-4-1-2-5-11(10)15(20)21/h1-6,8H,7,9H2,(H,18,19)(H,20,21). The zero-order valence-electron chi connectivity index (χ0n) is 11.0. The Morgan fingerprint density at radius 2 is 1.95 bits per heavy atom. The number of rotatable bonds is 5. The second kappa shape index (κ2) is 6.99. The van der Waals surface area contributed by atoms with Crippen molar-refractivity contribution in [1.29, 1.82) is 0 Å². The van der Waals surface area contributed by atoms with Crippen LogP contribution in [-0.2, 0) is 6.42 Å². The summed E-state index contributed by atoms with van der Waals surface area (Å²) < 4.78 is 0.619. The fraction of sp³-hybridized carbons (Fsp3) is 0.133. The molecule has 1 heterocycles. The maximum absolute atomic E-state index is 12.0. The van der Waals surface area contributed by atoms with Gasteiger partial charge in [-0.2, -0.15) is 0 Å². The third kappa shape index (κ3) is 3.88. The van der Waals surface area contributed by atoms with E-state index < -0.39 is 5.97 Å². The molecular weight excluding hydrogens is 336 g/mol. The predicted molar refractivity (Wildman–Crippen MR) is 81.4 cm³/mol. The van der Waals surface area contributed by atoms with Crippen LogP contribution in [0.4, 0.5) is 0 Å². The van der Waals surface area contributed by atoms with Crippen LogP contribution in [0, 0.1) is 0 Å². The monoisotopic (exact) mass is 348 g/mol. The topological polar surface area (TPSA) is 79.3 Å². The molecule has 108 valence electrons. The van der Waals surface area contributed by atoms with Gasteiger partial charge >= 0.3 is 5.97 Å². The number of benzene rings is 1. The van der Waals surface area contributed by atoms with Crippen molar-refractivity contribution < 1.29 is 14.7 Å². The Labute approximate surface area is 130 Å². The van der Waals surface area contributed by atoms with Crippen LogP contribution in [-0.4, -0.2) is 28.5 Å². The van der Waals surface area contributed by atoms with Gasteiger partial charge in [-0.25, -0.2) is 9.78 Å². The highest BCUT2D eigenvalue weighted by atomic mass is 79.9. The minimum absolute atomic E-state index is 0.255. The summed E-state index contributed by atoms with van der Waals surface area (Å²) in [5.74, 6) is -1.26. The van der Waals surface area contributed by atoms with Gasteiger partial charge in [0.25, 0.3) is 5.91 Å². The number of aromatic carboxylic acids is 1. The first-order valence-electron chi connectivity index (χ1n) is 6.29. The Kier molecular flexibility index (Phi) is 5.05. The molecule has 0 saturated heterocycles. The van der Waals surface area contributed by atoms with E-state index in [1.807, 2.05) is 0 Å². The van der Waals surface area contributed by atoms with E-state index in [0.29, 0.717) is 28.7 Å². The van der Waals surface area contributed by atoms with Crippen molar-refractivity contribution in [2.24, 2.45) is 0 Å². The van der Waals surface area contributed by atoms with Crippen molar-refractivity contribution in [3.63, 3.8) is 0 Å². The first-order valence-corrected chi connectivity index (χ1v) is 7.09. The van der Waals surface area contributed by atoms with Crippen LogP contribution in [0.25, 0.3) is 0 Å². The van der Waals surface area contributed by atoms with E-state index in [1.165, 1.54) is 0 Å². The second-order valence-electron chi connectivity index (χ2n) is 4.30. The molecule has 1 aromatic heterocycles. The molecule has 0 atom stereocenters. The highest BCUT2D eigenvalue weighted by Crippen LogP contribution is 2.13. The number of carbonyl (C=O) groups excluding carboxylic acids is 1. The minimum atomic E-state index is -0.968. The number of carboxylic acid groups (broad SMARTS) is 1. The lowest BCUT2D eigenvalue weighted by Crippen LogP contribution is -2.27. The number of nitrogens with zero attached hydrogens (tertiary/aromatic N) is 1.